The summed E-state index contributed by atoms with van der Waals surface area (Å²) in [5.41, 5.74) is 3.89. The number of amides is 3. The number of aliphatic hydroxyl groups is 2. The summed E-state index contributed by atoms with van der Waals surface area (Å²) in [4.78, 5) is 45.2. The number of benzene rings is 2. The van der Waals surface area contributed by atoms with Crippen LogP contribution in [0.5, 0.6) is 0 Å². The number of pyridine rings is 1. The number of carbonyl (C=O) groups is 2. The second-order valence-corrected chi connectivity index (χ2v) is 12.8. The maximum atomic E-state index is 12.7. The van der Waals surface area contributed by atoms with E-state index in [1.165, 1.54) is 6.92 Å². The normalized spacial score (nSPS) is 21.8. The Morgan fingerprint density at radius 3 is 2.36 bits per heavy atom. The molecule has 0 radical (unpaired) electrons. The average Bonchev–Trinajstić information content (AvgIpc) is 3.84. The predicted molar refractivity (Wildman–Crippen MR) is 189 cm³/mol. The summed E-state index contributed by atoms with van der Waals surface area (Å²) in [6.07, 6.45) is 3.50. The maximum absolute atomic E-state index is 12.7. The molecule has 2 fully saturated rings. The molecular formula is C36H40N10O4. The first-order valence-electron chi connectivity index (χ1n) is 16.8. The number of fused-ring (bicyclic) bond motifs is 1. The van der Waals surface area contributed by atoms with Crippen LogP contribution < -0.4 is 26.2 Å². The van der Waals surface area contributed by atoms with Crippen LogP contribution in [0.15, 0.2) is 91.5 Å². The summed E-state index contributed by atoms with van der Waals surface area (Å²) in [6, 6.07) is 22.4. The Morgan fingerprint density at radius 1 is 0.940 bits per heavy atom. The molecule has 1 saturated heterocycles. The molecule has 7 rings (SSSR count). The summed E-state index contributed by atoms with van der Waals surface area (Å²) in [7, 11) is 0. The van der Waals surface area contributed by atoms with Crippen molar-refractivity contribution >= 4 is 40.6 Å². The van der Waals surface area contributed by atoms with Crippen LogP contribution in [0.1, 0.15) is 42.9 Å². The monoisotopic (exact) mass is 676 g/mol. The molecule has 2 aliphatic rings. The second kappa shape index (κ2) is 14.5. The summed E-state index contributed by atoms with van der Waals surface area (Å²) < 4.78 is 1.76. The number of urea groups is 1. The van der Waals surface area contributed by atoms with Gasteiger partial charge in [0.2, 0.25) is 11.9 Å². The number of nitrogens with zero attached hydrogens (tertiary/aromatic N) is 6. The fourth-order valence-electron chi connectivity index (χ4n) is 6.95. The Balaban J connectivity index is 1.19. The van der Waals surface area contributed by atoms with Crippen LogP contribution in [0, 0.1) is 0 Å². The van der Waals surface area contributed by atoms with Gasteiger partial charge in [0.15, 0.2) is 17.0 Å². The van der Waals surface area contributed by atoms with Gasteiger partial charge in [-0.05, 0) is 36.1 Å². The smallest absolute Gasteiger partial charge is 0.319 e. The molecule has 0 spiro atoms. The summed E-state index contributed by atoms with van der Waals surface area (Å²) in [5, 5.41) is 34.1. The molecule has 1 aliphatic carbocycles. The third-order valence-electron chi connectivity index (χ3n) is 9.41. The van der Waals surface area contributed by atoms with E-state index in [0.717, 1.165) is 11.1 Å². The highest BCUT2D eigenvalue weighted by Gasteiger charge is 2.43. The number of hydrogen-bond acceptors (Lipinski definition) is 10. The standard InChI is InChI=1S/C36H40N10O4/c1-22(47)40-28-17-29(32(49)31(28)48)46-21-39-30-33(38-19-27(23-9-4-2-5-10-23)24-11-6-3-7-12-24)43-35(44-34(30)46)45-16-14-26(20-45)42-36(50)41-25-13-8-15-37-18-25/h2-13,15,18,21,26-29,31-32,48-49H,14,16-17,19-20H2,1H3,(H,40,47)(H,38,43,44)(H2,41,42,50)/t26-,28+,29-,31-,32+/m1/s1. The van der Waals surface area contributed by atoms with Gasteiger partial charge in [-0.1, -0.05) is 60.7 Å². The SMILES string of the molecule is CC(=O)N[C@H]1C[C@@H](n2cnc3c(NCC(c4ccccc4)c4ccccc4)nc(N4CC[C@@H](NC(=O)Nc5cccnc5)C4)nc32)[C@H](O)[C@@H]1O. The van der Waals surface area contributed by atoms with Gasteiger partial charge in [0.1, 0.15) is 12.2 Å². The molecule has 4 heterocycles. The van der Waals surface area contributed by atoms with E-state index in [1.807, 2.05) is 41.3 Å². The van der Waals surface area contributed by atoms with Crippen molar-refractivity contribution in [3.63, 3.8) is 0 Å². The lowest BCUT2D eigenvalue weighted by Gasteiger charge is -2.22. The van der Waals surface area contributed by atoms with E-state index in [4.69, 9.17) is 15.0 Å². The van der Waals surface area contributed by atoms with Crippen LogP contribution in [-0.2, 0) is 4.79 Å². The highest BCUT2D eigenvalue weighted by Crippen LogP contribution is 2.35. The number of hydrogen-bond donors (Lipinski definition) is 6. The van der Waals surface area contributed by atoms with Gasteiger partial charge in [0, 0.05) is 44.7 Å². The van der Waals surface area contributed by atoms with Crippen LogP contribution in [-0.4, -0.2) is 90.6 Å². The van der Waals surface area contributed by atoms with Crippen molar-refractivity contribution in [1.29, 1.82) is 0 Å². The van der Waals surface area contributed by atoms with Crippen LogP contribution in [0.2, 0.25) is 0 Å². The molecule has 6 N–H and O–H groups in total. The van der Waals surface area contributed by atoms with E-state index >= 15 is 0 Å². The fourth-order valence-corrected chi connectivity index (χ4v) is 6.95. The maximum Gasteiger partial charge on any atom is 0.319 e. The summed E-state index contributed by atoms with van der Waals surface area (Å²) >= 11 is 0. The van der Waals surface area contributed by atoms with Gasteiger partial charge in [0.25, 0.3) is 0 Å². The second-order valence-electron chi connectivity index (χ2n) is 12.8. The molecule has 258 valence electrons. The summed E-state index contributed by atoms with van der Waals surface area (Å²) in [6.45, 7) is 2.98. The zero-order chi connectivity index (χ0) is 34.6. The van der Waals surface area contributed by atoms with Crippen LogP contribution in [0.25, 0.3) is 11.2 Å². The molecule has 14 nitrogen and oxygen atoms in total. The van der Waals surface area contributed by atoms with Gasteiger partial charge >= 0.3 is 6.03 Å². The molecule has 50 heavy (non-hydrogen) atoms. The van der Waals surface area contributed by atoms with Gasteiger partial charge in [-0.15, -0.1) is 0 Å². The van der Waals surface area contributed by atoms with Gasteiger partial charge < -0.3 is 40.9 Å². The molecule has 3 aromatic heterocycles. The molecule has 5 atom stereocenters. The van der Waals surface area contributed by atoms with Crippen LogP contribution in [0.4, 0.5) is 22.2 Å². The lowest BCUT2D eigenvalue weighted by atomic mass is 9.91. The van der Waals surface area contributed by atoms with E-state index in [1.54, 1.807) is 35.4 Å². The van der Waals surface area contributed by atoms with E-state index in [0.29, 0.717) is 61.1 Å². The minimum Gasteiger partial charge on any atom is -0.388 e. The Hall–Kier alpha value is -5.60. The zero-order valence-electron chi connectivity index (χ0n) is 27.6. The topological polar surface area (TPSA) is 182 Å². The zero-order valence-corrected chi connectivity index (χ0v) is 27.6. The molecule has 2 aromatic carbocycles. The van der Waals surface area contributed by atoms with Crippen molar-refractivity contribution in [3.8, 4) is 0 Å². The number of imidazole rings is 1. The number of rotatable bonds is 10. The van der Waals surface area contributed by atoms with E-state index in [-0.39, 0.29) is 23.9 Å². The molecule has 3 amide bonds. The molecule has 1 aliphatic heterocycles. The largest absolute Gasteiger partial charge is 0.388 e. The first-order valence-corrected chi connectivity index (χ1v) is 16.8. The van der Waals surface area contributed by atoms with Crippen LogP contribution in [0.3, 0.4) is 0 Å². The summed E-state index contributed by atoms with van der Waals surface area (Å²) in [5.74, 6) is 0.696. The van der Waals surface area contributed by atoms with Crippen molar-refractivity contribution in [3.05, 3.63) is 103 Å². The van der Waals surface area contributed by atoms with Crippen molar-refractivity contribution in [2.45, 2.75) is 56.0 Å². The number of aliphatic hydroxyl groups excluding tert-OH is 2. The Labute approximate surface area is 289 Å². The number of nitrogens with one attached hydrogen (secondary N) is 4. The highest BCUT2D eigenvalue weighted by molar-refractivity contribution is 5.89. The number of anilines is 3. The lowest BCUT2D eigenvalue weighted by Crippen LogP contribution is -2.42. The lowest BCUT2D eigenvalue weighted by molar-refractivity contribution is -0.120. The van der Waals surface area contributed by atoms with Gasteiger partial charge in [-0.3, -0.25) is 9.78 Å². The predicted octanol–water partition coefficient (Wildman–Crippen LogP) is 3.04. The Morgan fingerprint density at radius 2 is 1.68 bits per heavy atom. The highest BCUT2D eigenvalue weighted by atomic mass is 16.3. The van der Waals surface area contributed by atoms with Gasteiger partial charge in [-0.2, -0.15) is 9.97 Å². The first kappa shape index (κ1) is 32.9. The molecule has 5 aromatic rings. The molecular weight excluding hydrogens is 636 g/mol. The van der Waals surface area contributed by atoms with Crippen molar-refractivity contribution in [2.24, 2.45) is 0 Å². The van der Waals surface area contributed by atoms with Gasteiger partial charge in [-0.25, -0.2) is 9.78 Å². The Kier molecular flexibility index (Phi) is 9.54. The van der Waals surface area contributed by atoms with Crippen molar-refractivity contribution < 1.29 is 19.8 Å². The fraction of sp³-hybridized carbons (Fsp3) is 0.333. The van der Waals surface area contributed by atoms with Crippen molar-refractivity contribution in [2.75, 3.05) is 35.2 Å². The number of aromatic nitrogens is 5. The molecule has 0 unspecified atom stereocenters. The molecule has 1 saturated carbocycles. The average molecular weight is 677 g/mol. The first-order chi connectivity index (χ1) is 24.3. The molecule has 0 bridgehead atoms. The number of carbonyl (C=O) groups excluding carboxylic acids is 2. The minimum atomic E-state index is -1.15. The minimum absolute atomic E-state index is 0.0110. The third-order valence-corrected chi connectivity index (χ3v) is 9.41. The van der Waals surface area contributed by atoms with Crippen LogP contribution >= 0.6 is 0 Å². The van der Waals surface area contributed by atoms with E-state index in [2.05, 4.69) is 50.5 Å². The molecule has 14 heteroatoms. The third kappa shape index (κ3) is 7.07. The van der Waals surface area contributed by atoms with Gasteiger partial charge in [0.05, 0.1) is 30.3 Å². The van der Waals surface area contributed by atoms with E-state index < -0.39 is 24.3 Å². The van der Waals surface area contributed by atoms with Crippen molar-refractivity contribution in [1.82, 2.24) is 35.1 Å². The van der Waals surface area contributed by atoms with E-state index in [9.17, 15) is 19.8 Å². The quantitative estimate of drug-likeness (QED) is 0.129. The Bertz CT molecular complexity index is 1890.